The summed E-state index contributed by atoms with van der Waals surface area (Å²) in [4.78, 5) is 18.2. The highest BCUT2D eigenvalue weighted by molar-refractivity contribution is 7.21. The zero-order chi connectivity index (χ0) is 22.5. The Morgan fingerprint density at radius 1 is 1.19 bits per heavy atom. The number of nitrogens with one attached hydrogen (secondary N) is 2. The van der Waals surface area contributed by atoms with E-state index >= 15 is 0 Å². The van der Waals surface area contributed by atoms with E-state index in [1.54, 1.807) is 37.4 Å². The molecule has 2 N–H and O–H groups in total. The summed E-state index contributed by atoms with van der Waals surface area (Å²) in [5.74, 6) is -0.0888. The SMILES string of the molecule is COc1ccc(C(=O)Nc2sc(NN=Cc3c(F)cccc3Cl)nc2-c2cccs2)cc1. The van der Waals surface area contributed by atoms with E-state index in [0.717, 1.165) is 4.88 Å². The molecule has 0 aliphatic rings. The second-order valence-corrected chi connectivity index (χ2v) is 8.72. The van der Waals surface area contributed by atoms with Crippen LogP contribution < -0.4 is 15.5 Å². The minimum Gasteiger partial charge on any atom is -0.497 e. The van der Waals surface area contributed by atoms with Gasteiger partial charge in [0.15, 0.2) is 0 Å². The van der Waals surface area contributed by atoms with Crippen molar-refractivity contribution in [2.75, 3.05) is 17.9 Å². The van der Waals surface area contributed by atoms with Crippen molar-refractivity contribution >= 4 is 56.5 Å². The number of halogens is 2. The van der Waals surface area contributed by atoms with Gasteiger partial charge in [-0.15, -0.1) is 11.3 Å². The topological polar surface area (TPSA) is 75.6 Å². The van der Waals surface area contributed by atoms with E-state index in [0.29, 0.717) is 27.1 Å². The van der Waals surface area contributed by atoms with E-state index in [4.69, 9.17) is 16.3 Å². The van der Waals surface area contributed by atoms with Crippen LogP contribution in [0.15, 0.2) is 65.1 Å². The summed E-state index contributed by atoms with van der Waals surface area (Å²) in [5, 5.41) is 10.1. The van der Waals surface area contributed by atoms with Crippen LogP contribution in [0.2, 0.25) is 5.02 Å². The first-order valence-electron chi connectivity index (χ1n) is 9.28. The number of carbonyl (C=O) groups is 1. The fourth-order valence-electron chi connectivity index (χ4n) is 2.74. The molecule has 0 saturated carbocycles. The molecular weight excluding hydrogens is 471 g/mol. The van der Waals surface area contributed by atoms with Gasteiger partial charge in [0.05, 0.1) is 23.2 Å². The number of amides is 1. The van der Waals surface area contributed by atoms with E-state index in [2.05, 4.69) is 20.8 Å². The summed E-state index contributed by atoms with van der Waals surface area (Å²) < 4.78 is 19.0. The predicted molar refractivity (Wildman–Crippen MR) is 129 cm³/mol. The third-order valence-corrected chi connectivity index (χ3v) is 6.40. The molecule has 32 heavy (non-hydrogen) atoms. The molecule has 0 saturated heterocycles. The van der Waals surface area contributed by atoms with Crippen molar-refractivity contribution in [2.24, 2.45) is 5.10 Å². The van der Waals surface area contributed by atoms with Crippen molar-refractivity contribution in [3.8, 4) is 16.3 Å². The predicted octanol–water partition coefficient (Wildman–Crippen LogP) is 6.37. The molecule has 0 radical (unpaired) electrons. The minimum absolute atomic E-state index is 0.171. The molecule has 0 aliphatic carbocycles. The van der Waals surface area contributed by atoms with Gasteiger partial charge >= 0.3 is 0 Å². The van der Waals surface area contributed by atoms with Gasteiger partial charge in [-0.3, -0.25) is 10.2 Å². The lowest BCUT2D eigenvalue weighted by atomic mass is 10.2. The van der Waals surface area contributed by atoms with Gasteiger partial charge in [-0.05, 0) is 47.8 Å². The second kappa shape index (κ2) is 9.90. The lowest BCUT2D eigenvalue weighted by Crippen LogP contribution is -2.11. The highest BCUT2D eigenvalue weighted by atomic mass is 35.5. The first kappa shape index (κ1) is 21.9. The first-order valence-corrected chi connectivity index (χ1v) is 11.4. The lowest BCUT2D eigenvalue weighted by molar-refractivity contribution is 0.102. The molecule has 4 rings (SSSR count). The average molecular weight is 487 g/mol. The number of methoxy groups -OCH3 is 1. The Morgan fingerprint density at radius 3 is 2.69 bits per heavy atom. The van der Waals surface area contributed by atoms with Crippen molar-refractivity contribution in [3.63, 3.8) is 0 Å². The first-order chi connectivity index (χ1) is 15.5. The summed E-state index contributed by atoms with van der Waals surface area (Å²) >= 11 is 8.74. The van der Waals surface area contributed by atoms with Gasteiger partial charge in [0.2, 0.25) is 5.13 Å². The number of hydrazone groups is 1. The number of thiazole rings is 1. The number of ether oxygens (including phenoxy) is 1. The van der Waals surface area contributed by atoms with E-state index in [-0.39, 0.29) is 16.5 Å². The van der Waals surface area contributed by atoms with Gasteiger partial charge in [-0.2, -0.15) is 5.10 Å². The Labute approximate surface area is 196 Å². The molecule has 0 aliphatic heterocycles. The van der Waals surface area contributed by atoms with Gasteiger partial charge in [-0.1, -0.05) is 35.1 Å². The Morgan fingerprint density at radius 2 is 2.00 bits per heavy atom. The fourth-order valence-corrected chi connectivity index (χ4v) is 4.56. The third-order valence-electron chi connectivity index (χ3n) is 4.31. The van der Waals surface area contributed by atoms with Crippen molar-refractivity contribution in [1.82, 2.24) is 4.98 Å². The molecule has 10 heteroatoms. The van der Waals surface area contributed by atoms with Gasteiger partial charge in [0.1, 0.15) is 22.3 Å². The highest BCUT2D eigenvalue weighted by Gasteiger charge is 2.17. The van der Waals surface area contributed by atoms with Crippen LogP contribution in [0.3, 0.4) is 0 Å². The second-order valence-electron chi connectivity index (χ2n) is 6.36. The van der Waals surface area contributed by atoms with E-state index in [9.17, 15) is 9.18 Å². The number of anilines is 2. The lowest BCUT2D eigenvalue weighted by Gasteiger charge is -2.05. The van der Waals surface area contributed by atoms with Crippen molar-refractivity contribution < 1.29 is 13.9 Å². The van der Waals surface area contributed by atoms with E-state index in [1.165, 1.54) is 41.0 Å². The Hall–Kier alpha value is -3.27. The molecule has 162 valence electrons. The third kappa shape index (κ3) is 4.96. The molecule has 6 nitrogen and oxygen atoms in total. The summed E-state index contributed by atoms with van der Waals surface area (Å²) in [6, 6.07) is 15.0. The zero-order valence-electron chi connectivity index (χ0n) is 16.6. The van der Waals surface area contributed by atoms with Crippen molar-refractivity contribution in [2.45, 2.75) is 0 Å². The molecule has 0 fully saturated rings. The maximum Gasteiger partial charge on any atom is 0.256 e. The number of aromatic nitrogens is 1. The molecule has 0 unspecified atom stereocenters. The number of nitrogens with zero attached hydrogens (tertiary/aromatic N) is 2. The molecule has 1 amide bonds. The van der Waals surface area contributed by atoms with Gasteiger partial charge in [-0.25, -0.2) is 9.37 Å². The van der Waals surface area contributed by atoms with Gasteiger partial charge in [0, 0.05) is 11.1 Å². The highest BCUT2D eigenvalue weighted by Crippen LogP contribution is 2.38. The molecule has 2 aromatic carbocycles. The molecule has 0 bridgehead atoms. The maximum atomic E-state index is 13.9. The van der Waals surface area contributed by atoms with Crippen LogP contribution in [0, 0.1) is 5.82 Å². The Balaban J connectivity index is 1.56. The quantitative estimate of drug-likeness (QED) is 0.235. The van der Waals surface area contributed by atoms with Crippen molar-refractivity contribution in [3.05, 3.63) is 81.9 Å². The number of carbonyl (C=O) groups excluding carboxylic acids is 1. The Bertz CT molecular complexity index is 1240. The number of benzene rings is 2. The average Bonchev–Trinajstić information content (AvgIpc) is 3.46. The van der Waals surface area contributed by atoms with E-state index < -0.39 is 5.82 Å². The molecular formula is C22H16ClFN4O2S2. The van der Waals surface area contributed by atoms with Crippen LogP contribution in [0.1, 0.15) is 15.9 Å². The fraction of sp³-hybridized carbons (Fsp3) is 0.0455. The van der Waals surface area contributed by atoms with Crippen LogP contribution >= 0.6 is 34.3 Å². The van der Waals surface area contributed by atoms with Crippen LogP contribution in [0.4, 0.5) is 14.5 Å². The van der Waals surface area contributed by atoms with Crippen LogP contribution in [-0.4, -0.2) is 24.2 Å². The smallest absolute Gasteiger partial charge is 0.256 e. The molecule has 0 atom stereocenters. The number of hydrogen-bond donors (Lipinski definition) is 2. The molecule has 2 heterocycles. The number of rotatable bonds is 7. The molecule has 0 spiro atoms. The molecule has 2 aromatic heterocycles. The summed E-state index contributed by atoms with van der Waals surface area (Å²) in [6.45, 7) is 0. The van der Waals surface area contributed by atoms with Gasteiger partial charge in [0.25, 0.3) is 5.91 Å². The maximum absolute atomic E-state index is 13.9. The van der Waals surface area contributed by atoms with Crippen LogP contribution in [0.5, 0.6) is 5.75 Å². The standard InChI is InChI=1S/C22H16ClFN4O2S2/c1-30-14-9-7-13(8-10-14)20(29)27-21-19(18-6-3-11-31-18)26-22(32-21)28-25-12-15-16(23)4-2-5-17(15)24/h2-12H,1H3,(H,26,28)(H,27,29). The summed E-state index contributed by atoms with van der Waals surface area (Å²) in [6.07, 6.45) is 1.29. The van der Waals surface area contributed by atoms with Gasteiger partial charge < -0.3 is 10.1 Å². The largest absolute Gasteiger partial charge is 0.497 e. The molecule has 4 aromatic rings. The summed E-state index contributed by atoms with van der Waals surface area (Å²) in [5.41, 5.74) is 4.06. The van der Waals surface area contributed by atoms with E-state index in [1.807, 2.05) is 17.5 Å². The Kier molecular flexibility index (Phi) is 6.79. The van der Waals surface area contributed by atoms with Crippen LogP contribution in [-0.2, 0) is 0 Å². The number of hydrogen-bond acceptors (Lipinski definition) is 7. The monoisotopic (exact) mass is 486 g/mol. The normalized spacial score (nSPS) is 11.0. The van der Waals surface area contributed by atoms with Crippen molar-refractivity contribution in [1.29, 1.82) is 0 Å². The zero-order valence-corrected chi connectivity index (χ0v) is 19.0. The van der Waals surface area contributed by atoms with Crippen LogP contribution in [0.25, 0.3) is 10.6 Å². The number of thiophene rings is 1. The minimum atomic E-state index is -0.478. The summed E-state index contributed by atoms with van der Waals surface area (Å²) in [7, 11) is 1.57.